The van der Waals surface area contributed by atoms with Crippen LogP contribution < -0.4 is 5.32 Å². The van der Waals surface area contributed by atoms with Crippen LogP contribution in [-0.2, 0) is 23.8 Å². The van der Waals surface area contributed by atoms with Gasteiger partial charge < -0.3 is 5.32 Å². The standard InChI is InChI=1S/C17H15F4NO/c18-15-7-3-13(4-8-15)11-16(23)22-10-9-12-1-5-14(6-2-12)17(19,20)21/h1-8H,9-11H2,(H,22,23). The Balaban J connectivity index is 1.78. The summed E-state index contributed by atoms with van der Waals surface area (Å²) in [6, 6.07) is 10.5. The zero-order valence-electron chi connectivity index (χ0n) is 12.2. The Kier molecular flexibility index (Phi) is 5.36. The summed E-state index contributed by atoms with van der Waals surface area (Å²) in [5.74, 6) is -0.583. The van der Waals surface area contributed by atoms with Gasteiger partial charge in [0, 0.05) is 6.54 Å². The van der Waals surface area contributed by atoms with Gasteiger partial charge in [-0.25, -0.2) is 4.39 Å². The first-order valence-electron chi connectivity index (χ1n) is 7.02. The Morgan fingerprint density at radius 1 is 0.913 bits per heavy atom. The van der Waals surface area contributed by atoms with E-state index in [1.54, 1.807) is 0 Å². The lowest BCUT2D eigenvalue weighted by Gasteiger charge is -2.08. The summed E-state index contributed by atoms with van der Waals surface area (Å²) >= 11 is 0. The van der Waals surface area contributed by atoms with E-state index < -0.39 is 11.7 Å². The number of hydrogen-bond donors (Lipinski definition) is 1. The lowest BCUT2D eigenvalue weighted by molar-refractivity contribution is -0.137. The highest BCUT2D eigenvalue weighted by Crippen LogP contribution is 2.29. The fourth-order valence-corrected chi connectivity index (χ4v) is 2.06. The van der Waals surface area contributed by atoms with Gasteiger partial charge >= 0.3 is 6.18 Å². The summed E-state index contributed by atoms with van der Waals surface area (Å²) < 4.78 is 50.0. The monoisotopic (exact) mass is 325 g/mol. The molecule has 0 heterocycles. The molecule has 0 saturated heterocycles. The van der Waals surface area contributed by atoms with Crippen molar-refractivity contribution in [2.45, 2.75) is 19.0 Å². The summed E-state index contributed by atoms with van der Waals surface area (Å²) in [4.78, 5) is 11.7. The Hall–Kier alpha value is -2.37. The zero-order chi connectivity index (χ0) is 16.9. The molecule has 0 aliphatic heterocycles. The number of amides is 1. The summed E-state index contributed by atoms with van der Waals surface area (Å²) in [5.41, 5.74) is 0.708. The maximum atomic E-state index is 12.7. The smallest absolute Gasteiger partial charge is 0.355 e. The summed E-state index contributed by atoms with van der Waals surface area (Å²) in [6.07, 6.45) is -3.78. The fourth-order valence-electron chi connectivity index (χ4n) is 2.06. The second-order valence-corrected chi connectivity index (χ2v) is 5.10. The molecule has 1 N–H and O–H groups in total. The van der Waals surface area contributed by atoms with Gasteiger partial charge in [0.25, 0.3) is 0 Å². The number of benzene rings is 2. The first-order chi connectivity index (χ1) is 10.8. The van der Waals surface area contributed by atoms with Gasteiger partial charge in [0.05, 0.1) is 12.0 Å². The molecule has 0 atom stereocenters. The molecule has 0 saturated carbocycles. The SMILES string of the molecule is O=C(Cc1ccc(F)cc1)NCCc1ccc(C(F)(F)F)cc1. The van der Waals surface area contributed by atoms with Crippen LogP contribution in [0.1, 0.15) is 16.7 Å². The molecule has 122 valence electrons. The Bertz CT molecular complexity index is 648. The predicted molar refractivity (Wildman–Crippen MR) is 78.3 cm³/mol. The predicted octanol–water partition coefficient (Wildman–Crippen LogP) is 3.75. The molecule has 2 aromatic carbocycles. The van der Waals surface area contributed by atoms with Crippen molar-refractivity contribution in [3.05, 3.63) is 71.0 Å². The lowest BCUT2D eigenvalue weighted by Crippen LogP contribution is -2.27. The molecule has 0 unspecified atom stereocenters. The second-order valence-electron chi connectivity index (χ2n) is 5.10. The third kappa shape index (κ3) is 5.39. The average Bonchev–Trinajstić information content (AvgIpc) is 2.49. The number of carbonyl (C=O) groups is 1. The summed E-state index contributed by atoms with van der Waals surface area (Å²) in [5, 5.41) is 2.68. The fraction of sp³-hybridized carbons (Fsp3) is 0.235. The van der Waals surface area contributed by atoms with Crippen molar-refractivity contribution in [1.82, 2.24) is 5.32 Å². The van der Waals surface area contributed by atoms with Gasteiger partial charge in [0.1, 0.15) is 5.82 Å². The van der Waals surface area contributed by atoms with Crippen LogP contribution in [0, 0.1) is 5.82 Å². The van der Waals surface area contributed by atoms with E-state index in [4.69, 9.17) is 0 Å². The van der Waals surface area contributed by atoms with Crippen LogP contribution in [0.25, 0.3) is 0 Å². The van der Waals surface area contributed by atoms with Gasteiger partial charge in [-0.1, -0.05) is 24.3 Å². The second kappa shape index (κ2) is 7.26. The van der Waals surface area contributed by atoms with Crippen LogP contribution in [0.15, 0.2) is 48.5 Å². The number of halogens is 4. The van der Waals surface area contributed by atoms with Gasteiger partial charge in [-0.15, -0.1) is 0 Å². The molecule has 0 fully saturated rings. The van der Waals surface area contributed by atoms with E-state index >= 15 is 0 Å². The highest BCUT2D eigenvalue weighted by atomic mass is 19.4. The highest BCUT2D eigenvalue weighted by molar-refractivity contribution is 5.78. The minimum Gasteiger partial charge on any atom is -0.355 e. The van der Waals surface area contributed by atoms with Gasteiger partial charge in [0.2, 0.25) is 5.91 Å². The Morgan fingerprint density at radius 2 is 1.48 bits per heavy atom. The van der Waals surface area contributed by atoms with E-state index in [2.05, 4.69) is 5.32 Å². The van der Waals surface area contributed by atoms with E-state index in [1.165, 1.54) is 36.4 Å². The molecule has 2 nitrogen and oxygen atoms in total. The quantitative estimate of drug-likeness (QED) is 0.834. The van der Waals surface area contributed by atoms with Crippen molar-refractivity contribution >= 4 is 5.91 Å². The first-order valence-corrected chi connectivity index (χ1v) is 7.02. The summed E-state index contributed by atoms with van der Waals surface area (Å²) in [7, 11) is 0. The van der Waals surface area contributed by atoms with Crippen molar-refractivity contribution in [3.63, 3.8) is 0 Å². The number of rotatable bonds is 5. The Labute approximate surface area is 131 Å². The average molecular weight is 325 g/mol. The molecule has 0 aromatic heterocycles. The van der Waals surface area contributed by atoms with Crippen LogP contribution in [0.5, 0.6) is 0 Å². The Morgan fingerprint density at radius 3 is 2.04 bits per heavy atom. The highest BCUT2D eigenvalue weighted by Gasteiger charge is 2.29. The third-order valence-electron chi connectivity index (χ3n) is 3.30. The molecule has 2 aromatic rings. The molecule has 0 spiro atoms. The molecular weight excluding hydrogens is 310 g/mol. The maximum Gasteiger partial charge on any atom is 0.416 e. The largest absolute Gasteiger partial charge is 0.416 e. The number of nitrogens with one attached hydrogen (secondary N) is 1. The van der Waals surface area contributed by atoms with E-state index in [1.807, 2.05) is 0 Å². The molecule has 6 heteroatoms. The van der Waals surface area contributed by atoms with E-state index in [0.29, 0.717) is 24.1 Å². The van der Waals surface area contributed by atoms with E-state index in [-0.39, 0.29) is 18.1 Å². The number of carbonyl (C=O) groups excluding carboxylic acids is 1. The molecule has 23 heavy (non-hydrogen) atoms. The zero-order valence-corrected chi connectivity index (χ0v) is 12.2. The van der Waals surface area contributed by atoms with Gasteiger partial charge in [-0.2, -0.15) is 13.2 Å². The van der Waals surface area contributed by atoms with Crippen molar-refractivity contribution < 1.29 is 22.4 Å². The first kappa shape index (κ1) is 17.0. The van der Waals surface area contributed by atoms with E-state index in [9.17, 15) is 22.4 Å². The van der Waals surface area contributed by atoms with Crippen LogP contribution in [-0.4, -0.2) is 12.5 Å². The van der Waals surface area contributed by atoms with Gasteiger partial charge in [0.15, 0.2) is 0 Å². The van der Waals surface area contributed by atoms with Crippen LogP contribution in [0.4, 0.5) is 17.6 Å². The topological polar surface area (TPSA) is 29.1 Å². The van der Waals surface area contributed by atoms with Crippen LogP contribution >= 0.6 is 0 Å². The lowest BCUT2D eigenvalue weighted by atomic mass is 10.1. The molecule has 0 aliphatic carbocycles. The molecule has 2 rings (SSSR count). The number of hydrogen-bond acceptors (Lipinski definition) is 1. The minimum atomic E-state index is -4.35. The van der Waals surface area contributed by atoms with Gasteiger partial charge in [-0.05, 0) is 41.8 Å². The molecule has 0 radical (unpaired) electrons. The van der Waals surface area contributed by atoms with Crippen LogP contribution in [0.3, 0.4) is 0 Å². The number of alkyl halides is 3. The minimum absolute atomic E-state index is 0.132. The van der Waals surface area contributed by atoms with E-state index in [0.717, 1.165) is 12.1 Å². The maximum absolute atomic E-state index is 12.7. The van der Waals surface area contributed by atoms with Crippen molar-refractivity contribution in [3.8, 4) is 0 Å². The van der Waals surface area contributed by atoms with Crippen molar-refractivity contribution in [1.29, 1.82) is 0 Å². The van der Waals surface area contributed by atoms with Crippen molar-refractivity contribution in [2.24, 2.45) is 0 Å². The molecule has 1 amide bonds. The molecular formula is C17H15F4NO. The molecule has 0 aliphatic rings. The third-order valence-corrected chi connectivity index (χ3v) is 3.30. The van der Waals surface area contributed by atoms with Crippen LogP contribution in [0.2, 0.25) is 0 Å². The summed E-state index contributed by atoms with van der Waals surface area (Å²) in [6.45, 7) is 0.325. The normalized spacial score (nSPS) is 11.3. The van der Waals surface area contributed by atoms with Gasteiger partial charge in [-0.3, -0.25) is 4.79 Å². The molecule has 0 bridgehead atoms. The van der Waals surface area contributed by atoms with Crippen molar-refractivity contribution in [2.75, 3.05) is 6.54 Å².